The summed E-state index contributed by atoms with van der Waals surface area (Å²) in [6.07, 6.45) is 2.26. The van der Waals surface area contributed by atoms with Gasteiger partial charge in [-0.25, -0.2) is 0 Å². The molecule has 0 atom stereocenters. The number of rotatable bonds is 3. The van der Waals surface area contributed by atoms with Crippen LogP contribution in [0.25, 0.3) is 0 Å². The fourth-order valence-electron chi connectivity index (χ4n) is 1.75. The first-order chi connectivity index (χ1) is 7.18. The molecule has 0 radical (unpaired) electrons. The minimum atomic E-state index is 0.140. The number of nitrogens with zero attached hydrogens (tertiary/aromatic N) is 1. The number of nitrogen functional groups attached to an aromatic ring is 1. The number of hydrogen-bond donors (Lipinski definition) is 1. The second kappa shape index (κ2) is 3.93. The predicted molar refractivity (Wildman–Crippen MR) is 60.1 cm³/mol. The van der Waals surface area contributed by atoms with Crippen LogP contribution in [0.1, 0.15) is 25.3 Å². The second-order valence-corrected chi connectivity index (χ2v) is 4.08. The van der Waals surface area contributed by atoms with Gasteiger partial charge in [0.2, 0.25) is 5.91 Å². The highest BCUT2D eigenvalue weighted by molar-refractivity contribution is 5.74. The van der Waals surface area contributed by atoms with Crippen LogP contribution in [0.15, 0.2) is 24.3 Å². The Morgan fingerprint density at radius 1 is 1.47 bits per heavy atom. The van der Waals surface area contributed by atoms with Gasteiger partial charge in [0.25, 0.3) is 0 Å². The fraction of sp³-hybridized carbons (Fsp3) is 0.417. The number of carbonyl (C=O) groups excluding carboxylic acids is 1. The van der Waals surface area contributed by atoms with Crippen LogP contribution in [0.3, 0.4) is 0 Å². The number of hydrogen-bond acceptors (Lipinski definition) is 2. The molecule has 3 heteroatoms. The molecule has 1 aliphatic carbocycles. The van der Waals surface area contributed by atoms with E-state index in [4.69, 9.17) is 5.73 Å². The minimum absolute atomic E-state index is 0.140. The zero-order valence-corrected chi connectivity index (χ0v) is 8.94. The number of para-hydroxylation sites is 1. The molecule has 0 spiro atoms. The van der Waals surface area contributed by atoms with Gasteiger partial charge in [0.15, 0.2) is 0 Å². The van der Waals surface area contributed by atoms with E-state index in [9.17, 15) is 4.79 Å². The minimum Gasteiger partial charge on any atom is -0.398 e. The van der Waals surface area contributed by atoms with Crippen molar-refractivity contribution in [3.8, 4) is 0 Å². The van der Waals surface area contributed by atoms with Gasteiger partial charge in [0.05, 0.1) is 0 Å². The van der Waals surface area contributed by atoms with Crippen LogP contribution < -0.4 is 5.73 Å². The highest BCUT2D eigenvalue weighted by Gasteiger charge is 2.30. The SMILES string of the molecule is CC(=O)N(Cc1ccccc1N)C1CC1. The zero-order valence-electron chi connectivity index (χ0n) is 8.94. The van der Waals surface area contributed by atoms with Crippen molar-refractivity contribution in [3.63, 3.8) is 0 Å². The lowest BCUT2D eigenvalue weighted by Crippen LogP contribution is -2.30. The van der Waals surface area contributed by atoms with E-state index in [1.165, 1.54) is 0 Å². The second-order valence-electron chi connectivity index (χ2n) is 4.08. The van der Waals surface area contributed by atoms with Crippen molar-refractivity contribution in [2.24, 2.45) is 0 Å². The summed E-state index contributed by atoms with van der Waals surface area (Å²) in [5.74, 6) is 0.140. The molecule has 1 aromatic carbocycles. The molecular formula is C12H16N2O. The van der Waals surface area contributed by atoms with E-state index < -0.39 is 0 Å². The summed E-state index contributed by atoms with van der Waals surface area (Å²) in [4.78, 5) is 13.3. The molecule has 0 saturated heterocycles. The normalized spacial score (nSPS) is 15.0. The molecule has 1 saturated carbocycles. The van der Waals surface area contributed by atoms with E-state index in [0.29, 0.717) is 12.6 Å². The number of anilines is 1. The van der Waals surface area contributed by atoms with Crippen molar-refractivity contribution in [2.75, 3.05) is 5.73 Å². The Morgan fingerprint density at radius 2 is 2.13 bits per heavy atom. The van der Waals surface area contributed by atoms with Gasteiger partial charge in [0, 0.05) is 25.2 Å². The van der Waals surface area contributed by atoms with Gasteiger partial charge in [-0.1, -0.05) is 18.2 Å². The maximum Gasteiger partial charge on any atom is 0.219 e. The van der Waals surface area contributed by atoms with Crippen molar-refractivity contribution < 1.29 is 4.79 Å². The molecule has 0 unspecified atom stereocenters. The van der Waals surface area contributed by atoms with Crippen molar-refractivity contribution in [1.82, 2.24) is 4.90 Å². The molecule has 1 amide bonds. The van der Waals surface area contributed by atoms with Crippen molar-refractivity contribution >= 4 is 11.6 Å². The van der Waals surface area contributed by atoms with Gasteiger partial charge < -0.3 is 10.6 Å². The zero-order chi connectivity index (χ0) is 10.8. The van der Waals surface area contributed by atoms with Crippen molar-refractivity contribution in [2.45, 2.75) is 32.4 Å². The van der Waals surface area contributed by atoms with Gasteiger partial charge in [0.1, 0.15) is 0 Å². The summed E-state index contributed by atoms with van der Waals surface area (Å²) >= 11 is 0. The van der Waals surface area contributed by atoms with Crippen LogP contribution in [-0.4, -0.2) is 16.8 Å². The first-order valence-corrected chi connectivity index (χ1v) is 5.29. The molecule has 1 aliphatic rings. The molecule has 3 nitrogen and oxygen atoms in total. The van der Waals surface area contributed by atoms with E-state index in [0.717, 1.165) is 24.1 Å². The summed E-state index contributed by atoms with van der Waals surface area (Å²) in [6, 6.07) is 8.17. The lowest BCUT2D eigenvalue weighted by Gasteiger charge is -2.21. The lowest BCUT2D eigenvalue weighted by atomic mass is 10.1. The Balaban J connectivity index is 2.12. The molecule has 15 heavy (non-hydrogen) atoms. The summed E-state index contributed by atoms with van der Waals surface area (Å²) in [6.45, 7) is 2.27. The molecule has 0 heterocycles. The molecule has 1 fully saturated rings. The third-order valence-corrected chi connectivity index (χ3v) is 2.79. The first-order valence-electron chi connectivity index (χ1n) is 5.29. The molecular weight excluding hydrogens is 188 g/mol. The summed E-state index contributed by atoms with van der Waals surface area (Å²) < 4.78 is 0. The third kappa shape index (κ3) is 2.29. The van der Waals surface area contributed by atoms with E-state index in [2.05, 4.69) is 0 Å². The van der Waals surface area contributed by atoms with E-state index in [1.54, 1.807) is 6.92 Å². The Bertz CT molecular complexity index is 372. The monoisotopic (exact) mass is 204 g/mol. The maximum absolute atomic E-state index is 11.4. The van der Waals surface area contributed by atoms with Crippen LogP contribution >= 0.6 is 0 Å². The van der Waals surface area contributed by atoms with Crippen LogP contribution in [0, 0.1) is 0 Å². The number of nitrogens with two attached hydrogens (primary N) is 1. The molecule has 0 aliphatic heterocycles. The van der Waals surface area contributed by atoms with Gasteiger partial charge in [-0.2, -0.15) is 0 Å². The van der Waals surface area contributed by atoms with Crippen LogP contribution in [0.4, 0.5) is 5.69 Å². The number of amides is 1. The average Bonchev–Trinajstić information content (AvgIpc) is 2.99. The first kappa shape index (κ1) is 10.0. The van der Waals surface area contributed by atoms with Gasteiger partial charge >= 0.3 is 0 Å². The van der Waals surface area contributed by atoms with Gasteiger partial charge in [-0.3, -0.25) is 4.79 Å². The Morgan fingerprint density at radius 3 is 2.67 bits per heavy atom. The standard InChI is InChI=1S/C12H16N2O/c1-9(15)14(11-6-7-11)8-10-4-2-3-5-12(10)13/h2-5,11H,6-8,13H2,1H3. The Hall–Kier alpha value is -1.51. The highest BCUT2D eigenvalue weighted by Crippen LogP contribution is 2.29. The summed E-state index contributed by atoms with van der Waals surface area (Å²) in [7, 11) is 0. The molecule has 0 bridgehead atoms. The van der Waals surface area contributed by atoms with Gasteiger partial charge in [-0.05, 0) is 24.5 Å². The van der Waals surface area contributed by atoms with E-state index in [1.807, 2.05) is 29.2 Å². The Kier molecular flexibility index (Phi) is 2.62. The molecule has 1 aromatic rings. The van der Waals surface area contributed by atoms with E-state index >= 15 is 0 Å². The number of benzene rings is 1. The maximum atomic E-state index is 11.4. The topological polar surface area (TPSA) is 46.3 Å². The fourth-order valence-corrected chi connectivity index (χ4v) is 1.75. The third-order valence-electron chi connectivity index (χ3n) is 2.79. The predicted octanol–water partition coefficient (Wildman–Crippen LogP) is 1.78. The van der Waals surface area contributed by atoms with Crippen molar-refractivity contribution in [3.05, 3.63) is 29.8 Å². The average molecular weight is 204 g/mol. The molecule has 0 aromatic heterocycles. The smallest absolute Gasteiger partial charge is 0.219 e. The molecule has 2 N–H and O–H groups in total. The largest absolute Gasteiger partial charge is 0.398 e. The Labute approximate surface area is 89.9 Å². The quantitative estimate of drug-likeness (QED) is 0.763. The van der Waals surface area contributed by atoms with Crippen molar-refractivity contribution in [1.29, 1.82) is 0 Å². The lowest BCUT2D eigenvalue weighted by molar-refractivity contribution is -0.130. The molecule has 2 rings (SSSR count). The van der Waals surface area contributed by atoms with Crippen LogP contribution in [0.5, 0.6) is 0 Å². The van der Waals surface area contributed by atoms with Gasteiger partial charge in [-0.15, -0.1) is 0 Å². The van der Waals surface area contributed by atoms with Crippen LogP contribution in [0.2, 0.25) is 0 Å². The summed E-state index contributed by atoms with van der Waals surface area (Å²) in [5.41, 5.74) is 7.66. The van der Waals surface area contributed by atoms with E-state index in [-0.39, 0.29) is 5.91 Å². The number of carbonyl (C=O) groups is 1. The summed E-state index contributed by atoms with van der Waals surface area (Å²) in [5, 5.41) is 0. The highest BCUT2D eigenvalue weighted by atomic mass is 16.2. The van der Waals surface area contributed by atoms with Crippen LogP contribution in [-0.2, 0) is 11.3 Å². The molecule has 80 valence electrons.